The molecule has 0 unspecified atom stereocenters. The predicted octanol–water partition coefficient (Wildman–Crippen LogP) is 1.30. The number of nitrogens with one attached hydrogen (secondary N) is 1. The maximum atomic E-state index is 11.3. The fourth-order valence-corrected chi connectivity index (χ4v) is 1.34. The second-order valence-electron chi connectivity index (χ2n) is 3.28. The van der Waals surface area contributed by atoms with E-state index < -0.39 is 18.1 Å². The smallest absolute Gasteiger partial charge is 0.408 e. The van der Waals surface area contributed by atoms with Crippen LogP contribution in [-0.4, -0.2) is 29.0 Å². The number of benzene rings is 1. The van der Waals surface area contributed by atoms with E-state index in [-0.39, 0.29) is 12.4 Å². The Morgan fingerprint density at radius 3 is 2.53 bits per heavy atom. The van der Waals surface area contributed by atoms with Crippen LogP contribution < -0.4 is 5.32 Å². The maximum Gasteiger partial charge on any atom is 0.408 e. The van der Waals surface area contributed by atoms with E-state index in [1.54, 1.807) is 12.1 Å². The van der Waals surface area contributed by atoms with Crippen LogP contribution in [0, 0.1) is 0 Å². The van der Waals surface area contributed by atoms with Gasteiger partial charge in [0.05, 0.1) is 0 Å². The van der Waals surface area contributed by atoms with Crippen LogP contribution in [0.1, 0.15) is 5.56 Å². The number of alkyl carbamates (subject to hydrolysis) is 1. The molecule has 2 N–H and O–H groups in total. The van der Waals surface area contributed by atoms with E-state index in [1.165, 1.54) is 0 Å². The van der Waals surface area contributed by atoms with Crippen LogP contribution in [0.5, 0.6) is 0 Å². The average Bonchev–Trinajstić information content (AvgIpc) is 2.34. The molecular formula is C11H13NO4S. The third kappa shape index (κ3) is 4.78. The van der Waals surface area contributed by atoms with E-state index in [4.69, 9.17) is 9.84 Å². The minimum atomic E-state index is -1.14. The summed E-state index contributed by atoms with van der Waals surface area (Å²) in [6, 6.07) is 8.07. The minimum Gasteiger partial charge on any atom is -0.480 e. The Hall–Kier alpha value is -1.69. The van der Waals surface area contributed by atoms with Crippen molar-refractivity contribution in [1.29, 1.82) is 0 Å². The molecule has 5 nitrogen and oxygen atoms in total. The van der Waals surface area contributed by atoms with Gasteiger partial charge in [0, 0.05) is 5.75 Å². The lowest BCUT2D eigenvalue weighted by Crippen LogP contribution is -2.42. The molecule has 1 amide bonds. The van der Waals surface area contributed by atoms with Crippen LogP contribution in [0.3, 0.4) is 0 Å². The summed E-state index contributed by atoms with van der Waals surface area (Å²) in [5.74, 6) is -1.13. The third-order valence-electron chi connectivity index (χ3n) is 1.99. The fraction of sp³-hybridized carbons (Fsp3) is 0.273. The third-order valence-corrected chi connectivity index (χ3v) is 2.35. The number of rotatable bonds is 5. The zero-order chi connectivity index (χ0) is 12.7. The van der Waals surface area contributed by atoms with Crippen molar-refractivity contribution in [1.82, 2.24) is 5.32 Å². The first-order valence-corrected chi connectivity index (χ1v) is 5.57. The zero-order valence-corrected chi connectivity index (χ0v) is 9.89. The van der Waals surface area contributed by atoms with Gasteiger partial charge in [-0.2, -0.15) is 12.6 Å². The standard InChI is InChI=1S/C11H13NO4S/c13-10(14)9(7-17)12-11(15)16-6-8-4-2-1-3-5-8/h1-5,9,17H,6-7H2,(H,12,15)(H,13,14)/t9-/m1/s1. The van der Waals surface area contributed by atoms with E-state index in [2.05, 4.69) is 17.9 Å². The number of thiol groups is 1. The molecule has 0 aliphatic carbocycles. The number of ether oxygens (including phenoxy) is 1. The largest absolute Gasteiger partial charge is 0.480 e. The first-order chi connectivity index (χ1) is 8.13. The number of carboxylic acids is 1. The van der Waals surface area contributed by atoms with Crippen molar-refractivity contribution in [2.24, 2.45) is 0 Å². The van der Waals surface area contributed by atoms with Gasteiger partial charge in [-0.1, -0.05) is 30.3 Å². The highest BCUT2D eigenvalue weighted by Gasteiger charge is 2.18. The van der Waals surface area contributed by atoms with Crippen LogP contribution in [-0.2, 0) is 16.1 Å². The molecule has 1 rings (SSSR count). The minimum absolute atomic E-state index is 0.00969. The highest BCUT2D eigenvalue weighted by Crippen LogP contribution is 2.01. The van der Waals surface area contributed by atoms with Crippen molar-refractivity contribution < 1.29 is 19.4 Å². The van der Waals surface area contributed by atoms with Gasteiger partial charge < -0.3 is 15.2 Å². The first kappa shape index (κ1) is 13.4. The molecule has 0 aliphatic heterocycles. The Kier molecular flexibility index (Phi) is 5.35. The lowest BCUT2D eigenvalue weighted by molar-refractivity contribution is -0.138. The monoisotopic (exact) mass is 255 g/mol. The molecular weight excluding hydrogens is 242 g/mol. The quantitative estimate of drug-likeness (QED) is 0.693. The van der Waals surface area contributed by atoms with Crippen molar-refractivity contribution in [3.05, 3.63) is 35.9 Å². The molecule has 1 aromatic carbocycles. The number of carboxylic acid groups (broad SMARTS) is 1. The summed E-state index contributed by atoms with van der Waals surface area (Å²) >= 11 is 3.82. The number of aliphatic carboxylic acids is 1. The van der Waals surface area contributed by atoms with Gasteiger partial charge in [0.25, 0.3) is 0 Å². The van der Waals surface area contributed by atoms with E-state index in [1.807, 2.05) is 18.2 Å². The molecule has 0 aromatic heterocycles. The topological polar surface area (TPSA) is 75.6 Å². The van der Waals surface area contributed by atoms with Gasteiger partial charge in [-0.25, -0.2) is 9.59 Å². The molecule has 0 radical (unpaired) electrons. The van der Waals surface area contributed by atoms with Gasteiger partial charge in [-0.15, -0.1) is 0 Å². The predicted molar refractivity (Wildman–Crippen MR) is 65.0 cm³/mol. The van der Waals surface area contributed by atoms with Gasteiger partial charge >= 0.3 is 12.1 Å². The summed E-state index contributed by atoms with van der Waals surface area (Å²) in [5.41, 5.74) is 0.834. The summed E-state index contributed by atoms with van der Waals surface area (Å²) < 4.78 is 4.86. The molecule has 6 heteroatoms. The van der Waals surface area contributed by atoms with E-state index >= 15 is 0 Å². The maximum absolute atomic E-state index is 11.3. The summed E-state index contributed by atoms with van der Waals surface area (Å²) in [7, 11) is 0. The molecule has 92 valence electrons. The molecule has 0 spiro atoms. The van der Waals surface area contributed by atoms with Crippen molar-refractivity contribution in [2.75, 3.05) is 5.75 Å². The Morgan fingerprint density at radius 1 is 1.35 bits per heavy atom. The van der Waals surface area contributed by atoms with Crippen molar-refractivity contribution >= 4 is 24.7 Å². The highest BCUT2D eigenvalue weighted by molar-refractivity contribution is 7.80. The number of hydrogen-bond acceptors (Lipinski definition) is 4. The van der Waals surface area contributed by atoms with Crippen molar-refractivity contribution in [3.63, 3.8) is 0 Å². The molecule has 0 aliphatic rings. The second kappa shape index (κ2) is 6.80. The lowest BCUT2D eigenvalue weighted by atomic mass is 10.2. The molecule has 0 heterocycles. The molecule has 1 aromatic rings. The van der Waals surface area contributed by atoms with Crippen molar-refractivity contribution in [2.45, 2.75) is 12.6 Å². The van der Waals surface area contributed by atoms with Crippen LogP contribution in [0.4, 0.5) is 4.79 Å². The highest BCUT2D eigenvalue weighted by atomic mass is 32.1. The second-order valence-corrected chi connectivity index (χ2v) is 3.64. The average molecular weight is 255 g/mol. The van der Waals surface area contributed by atoms with Gasteiger partial charge in [0.2, 0.25) is 0 Å². The molecule has 0 bridgehead atoms. The Bertz CT molecular complexity index is 382. The van der Waals surface area contributed by atoms with Crippen LogP contribution in [0.15, 0.2) is 30.3 Å². The number of hydrogen-bond donors (Lipinski definition) is 3. The van der Waals surface area contributed by atoms with E-state index in [9.17, 15) is 9.59 Å². The number of amides is 1. The lowest BCUT2D eigenvalue weighted by Gasteiger charge is -2.12. The van der Waals surface area contributed by atoms with E-state index in [0.29, 0.717) is 0 Å². The van der Waals surface area contributed by atoms with Gasteiger partial charge in [0.15, 0.2) is 0 Å². The molecule has 17 heavy (non-hydrogen) atoms. The number of carbonyl (C=O) groups excluding carboxylic acids is 1. The Morgan fingerprint density at radius 2 is 2.00 bits per heavy atom. The molecule has 0 saturated heterocycles. The fourth-order valence-electron chi connectivity index (χ4n) is 1.09. The van der Waals surface area contributed by atoms with Crippen LogP contribution in [0.25, 0.3) is 0 Å². The zero-order valence-electron chi connectivity index (χ0n) is 9.00. The molecule has 0 fully saturated rings. The van der Waals surface area contributed by atoms with Crippen LogP contribution >= 0.6 is 12.6 Å². The van der Waals surface area contributed by atoms with Crippen molar-refractivity contribution in [3.8, 4) is 0 Å². The van der Waals surface area contributed by atoms with Gasteiger partial charge in [-0.05, 0) is 5.56 Å². The van der Waals surface area contributed by atoms with Gasteiger partial charge in [-0.3, -0.25) is 0 Å². The summed E-state index contributed by atoms with van der Waals surface area (Å²) in [6.07, 6.45) is -0.768. The molecule has 1 atom stereocenters. The Balaban J connectivity index is 2.37. The Labute approximate surface area is 104 Å². The summed E-state index contributed by atoms with van der Waals surface area (Å²) in [5, 5.41) is 10.9. The first-order valence-electron chi connectivity index (χ1n) is 4.94. The summed E-state index contributed by atoms with van der Waals surface area (Å²) in [4.78, 5) is 21.9. The van der Waals surface area contributed by atoms with Gasteiger partial charge in [0.1, 0.15) is 12.6 Å². The SMILES string of the molecule is O=C(N[C@H](CS)C(=O)O)OCc1ccccc1. The number of carbonyl (C=O) groups is 2. The van der Waals surface area contributed by atoms with E-state index in [0.717, 1.165) is 5.56 Å². The molecule has 0 saturated carbocycles. The normalized spacial score (nSPS) is 11.6. The summed E-state index contributed by atoms with van der Waals surface area (Å²) in [6.45, 7) is 0.103. The van der Waals surface area contributed by atoms with Crippen LogP contribution in [0.2, 0.25) is 0 Å².